The number of nitrogens with zero attached hydrogens (tertiary/aromatic N) is 3. The van der Waals surface area contributed by atoms with Crippen molar-refractivity contribution in [3.05, 3.63) is 16.7 Å². The summed E-state index contributed by atoms with van der Waals surface area (Å²) >= 11 is 0. The Balaban J connectivity index is 0.00000294. The number of anilines is 1. The molecule has 0 spiro atoms. The molecule has 4 rings (SSSR count). The Morgan fingerprint density at radius 3 is 2.24 bits per heavy atom. The van der Waals surface area contributed by atoms with Crippen molar-refractivity contribution in [1.82, 2.24) is 31.8 Å². The molecule has 0 amide bonds. The molecule has 0 bridgehead atoms. The minimum Gasteiger partial charge on any atom is -0.394 e. The molecular weight excluding hydrogens is 608 g/mol. The summed E-state index contributed by atoms with van der Waals surface area (Å²) in [5.41, 5.74) is 4.54. The molecule has 2 aliphatic rings. The van der Waals surface area contributed by atoms with E-state index < -0.39 is 89.7 Å². The van der Waals surface area contributed by atoms with Crippen LogP contribution in [-0.4, -0.2) is 122 Å². The molecule has 17 N–H and O–H groups in total. The van der Waals surface area contributed by atoms with Crippen LogP contribution in [-0.2, 0) is 32.0 Å². The normalized spacial score (nSPS) is 34.8. The fraction of sp³-hybridized carbons (Fsp3) is 0.688. The molecule has 2 aromatic heterocycles. The molecule has 0 aliphatic carbocycles. The highest BCUT2D eigenvalue weighted by Crippen LogP contribution is 2.61. The number of hydrogen-bond donors (Lipinski definition) is 12. The lowest BCUT2D eigenvalue weighted by Crippen LogP contribution is -2.58. The third kappa shape index (κ3) is 7.33. The SMILES string of the molecule is N.N.Nc1nc2c(ncn2[C@@H]2O[C@H](COP(=O)(O)OP(=O)(O)O[C@H]3O[C@H](CO)[C@@H](O)[C@H](O)[C@@H]3O)[C@@H](O)[C@H]2O)c(=O)[nH]1. The predicted molar refractivity (Wildman–Crippen MR) is 130 cm³/mol. The molecule has 23 nitrogen and oxygen atoms in total. The van der Waals surface area contributed by atoms with E-state index in [1.54, 1.807) is 0 Å². The Kier molecular flexibility index (Phi) is 11.3. The smallest absolute Gasteiger partial charge is 0.394 e. The van der Waals surface area contributed by atoms with Crippen LogP contribution in [0.3, 0.4) is 0 Å². The number of aromatic amines is 1. The molecule has 236 valence electrons. The minimum absolute atomic E-state index is 0. The second-order valence-electron chi connectivity index (χ2n) is 8.44. The van der Waals surface area contributed by atoms with Gasteiger partial charge < -0.3 is 67.9 Å². The monoisotopic (exact) mass is 639 g/mol. The molecule has 2 saturated heterocycles. The number of ether oxygens (including phenoxy) is 2. The number of phosphoric acid groups is 2. The Morgan fingerprint density at radius 1 is 0.976 bits per heavy atom. The first-order valence-corrected chi connectivity index (χ1v) is 13.9. The Bertz CT molecular complexity index is 1340. The van der Waals surface area contributed by atoms with Crippen LogP contribution in [0.1, 0.15) is 6.23 Å². The van der Waals surface area contributed by atoms with E-state index in [0.717, 1.165) is 10.9 Å². The number of phosphoric ester groups is 2. The molecule has 0 radical (unpaired) electrons. The topological polar surface area (TPSA) is 402 Å². The summed E-state index contributed by atoms with van der Waals surface area (Å²) in [6.45, 7) is -1.89. The van der Waals surface area contributed by atoms with E-state index in [9.17, 15) is 49.2 Å². The second-order valence-corrected chi connectivity index (χ2v) is 11.4. The molecule has 2 aromatic rings. The van der Waals surface area contributed by atoms with Gasteiger partial charge in [-0.05, 0) is 0 Å². The molecule has 2 unspecified atom stereocenters. The molecule has 0 aromatic carbocycles. The lowest BCUT2D eigenvalue weighted by molar-refractivity contribution is -0.280. The van der Waals surface area contributed by atoms with Crippen molar-refractivity contribution >= 4 is 32.8 Å². The van der Waals surface area contributed by atoms with E-state index in [-0.39, 0.29) is 29.4 Å². The Labute approximate surface area is 228 Å². The van der Waals surface area contributed by atoms with Crippen molar-refractivity contribution in [2.75, 3.05) is 18.9 Å². The number of imidazole rings is 1. The number of aromatic nitrogens is 4. The van der Waals surface area contributed by atoms with Gasteiger partial charge in [-0.15, -0.1) is 0 Å². The summed E-state index contributed by atoms with van der Waals surface area (Å²) in [5.74, 6) is -0.278. The number of fused-ring (bicyclic) bond motifs is 1. The van der Waals surface area contributed by atoms with Gasteiger partial charge in [-0.1, -0.05) is 0 Å². The molecule has 2 aliphatic heterocycles. The molecule has 2 fully saturated rings. The van der Waals surface area contributed by atoms with E-state index in [2.05, 4.69) is 28.3 Å². The van der Waals surface area contributed by atoms with E-state index in [4.69, 9.17) is 20.3 Å². The largest absolute Gasteiger partial charge is 0.483 e. The predicted octanol–water partition coefficient (Wildman–Crippen LogP) is -4.30. The molecule has 4 heterocycles. The van der Waals surface area contributed by atoms with Crippen molar-refractivity contribution in [2.45, 2.75) is 55.2 Å². The van der Waals surface area contributed by atoms with Crippen molar-refractivity contribution in [3.63, 3.8) is 0 Å². The van der Waals surface area contributed by atoms with Gasteiger partial charge in [-0.3, -0.25) is 23.4 Å². The summed E-state index contributed by atoms with van der Waals surface area (Å²) in [4.78, 5) is 41.7. The zero-order valence-electron chi connectivity index (χ0n) is 20.8. The summed E-state index contributed by atoms with van der Waals surface area (Å²) in [6.07, 6.45) is -15.0. The number of aliphatic hydroxyl groups is 6. The van der Waals surface area contributed by atoms with Gasteiger partial charge in [-0.2, -0.15) is 9.29 Å². The zero-order valence-corrected chi connectivity index (χ0v) is 22.5. The van der Waals surface area contributed by atoms with Crippen LogP contribution in [0.15, 0.2) is 11.1 Å². The fourth-order valence-electron chi connectivity index (χ4n) is 3.85. The minimum atomic E-state index is -5.60. The number of hydrogen-bond acceptors (Lipinski definition) is 19. The van der Waals surface area contributed by atoms with Gasteiger partial charge in [-0.25, -0.2) is 14.1 Å². The lowest BCUT2D eigenvalue weighted by atomic mass is 10.00. The van der Waals surface area contributed by atoms with Crippen molar-refractivity contribution in [2.24, 2.45) is 0 Å². The van der Waals surface area contributed by atoms with E-state index in [0.29, 0.717) is 0 Å². The van der Waals surface area contributed by atoms with Crippen LogP contribution in [0.4, 0.5) is 5.95 Å². The van der Waals surface area contributed by atoms with Gasteiger partial charge in [0.05, 0.1) is 19.5 Å². The lowest BCUT2D eigenvalue weighted by Gasteiger charge is -2.39. The summed E-state index contributed by atoms with van der Waals surface area (Å²) in [6, 6.07) is 0. The average Bonchev–Trinajstić information content (AvgIpc) is 3.38. The maximum absolute atomic E-state index is 12.3. The van der Waals surface area contributed by atoms with Gasteiger partial charge in [0.25, 0.3) is 5.56 Å². The molecule has 0 saturated carbocycles. The highest BCUT2D eigenvalue weighted by atomic mass is 31.3. The van der Waals surface area contributed by atoms with Gasteiger partial charge in [0, 0.05) is 0 Å². The first-order chi connectivity index (χ1) is 18.1. The molecule has 41 heavy (non-hydrogen) atoms. The Hall–Kier alpha value is -1.99. The maximum atomic E-state index is 12.3. The van der Waals surface area contributed by atoms with Crippen LogP contribution in [0, 0.1) is 0 Å². The maximum Gasteiger partial charge on any atom is 0.483 e. The number of aliphatic hydroxyl groups excluding tert-OH is 6. The third-order valence-electron chi connectivity index (χ3n) is 5.76. The number of nitrogens with two attached hydrogens (primary N) is 1. The summed E-state index contributed by atoms with van der Waals surface area (Å²) in [5, 5.41) is 59.2. The first-order valence-electron chi connectivity index (χ1n) is 10.9. The van der Waals surface area contributed by atoms with Crippen LogP contribution in [0.2, 0.25) is 0 Å². The summed E-state index contributed by atoms with van der Waals surface area (Å²) in [7, 11) is -11.1. The van der Waals surface area contributed by atoms with E-state index in [1.807, 2.05) is 0 Å². The quantitative estimate of drug-likeness (QED) is 0.115. The number of nitrogen functional groups attached to an aromatic ring is 1. The van der Waals surface area contributed by atoms with E-state index >= 15 is 0 Å². The van der Waals surface area contributed by atoms with Gasteiger partial charge in [0.15, 0.2) is 23.7 Å². The number of rotatable bonds is 9. The molecular formula is C16H31N7O16P2. The number of nitrogens with one attached hydrogen (secondary N) is 1. The standard InChI is InChI=1S/C16H25N5O16P2.2H3N/c17-16-19-12-6(13(28)20-16)18-3-21(12)14-10(26)8(24)5(34-14)2-33-38(29,30)37-39(31,32)36-15-11(27)9(25)7(23)4(1-22)35-15;;/h3-5,7-11,14-15,22-27H,1-2H2,(H,29,30)(H,31,32)(H3,17,19,20,28);2*1H3/t4-,5-,7-,8-,9+,10-,11+,14-,15-;;/m1../s1. The summed E-state index contributed by atoms with van der Waals surface area (Å²) < 4.78 is 49.1. The number of H-pyrrole nitrogens is 1. The van der Waals surface area contributed by atoms with Crippen molar-refractivity contribution in [3.8, 4) is 0 Å². The van der Waals surface area contributed by atoms with Crippen LogP contribution < -0.4 is 23.6 Å². The van der Waals surface area contributed by atoms with Crippen LogP contribution >= 0.6 is 15.6 Å². The van der Waals surface area contributed by atoms with E-state index in [1.165, 1.54) is 0 Å². The fourth-order valence-corrected chi connectivity index (χ4v) is 6.01. The van der Waals surface area contributed by atoms with Gasteiger partial charge >= 0.3 is 15.6 Å². The zero-order chi connectivity index (χ0) is 28.9. The average molecular weight is 639 g/mol. The second kappa shape index (κ2) is 13.1. The highest BCUT2D eigenvalue weighted by molar-refractivity contribution is 7.61. The Morgan fingerprint density at radius 2 is 1.61 bits per heavy atom. The van der Waals surface area contributed by atoms with Crippen LogP contribution in [0.25, 0.3) is 11.2 Å². The van der Waals surface area contributed by atoms with Gasteiger partial charge in [0.2, 0.25) is 5.95 Å². The van der Waals surface area contributed by atoms with Crippen molar-refractivity contribution < 1.29 is 72.4 Å². The molecule has 25 heteroatoms. The first kappa shape index (κ1) is 35.2. The molecule has 11 atom stereocenters. The third-order valence-corrected chi connectivity index (χ3v) is 8.36. The van der Waals surface area contributed by atoms with Gasteiger partial charge in [0.1, 0.15) is 42.7 Å². The van der Waals surface area contributed by atoms with Crippen LogP contribution in [0.5, 0.6) is 0 Å². The highest BCUT2D eigenvalue weighted by Gasteiger charge is 2.49. The van der Waals surface area contributed by atoms with Crippen molar-refractivity contribution in [1.29, 1.82) is 0 Å².